The summed E-state index contributed by atoms with van der Waals surface area (Å²) in [5.41, 5.74) is 2.43. The molecular formula is C13H12BrClS. The molecule has 16 heavy (non-hydrogen) atoms. The smallest absolute Gasteiger partial charge is 0.0930 e. The quantitative estimate of drug-likeness (QED) is 0.646. The summed E-state index contributed by atoms with van der Waals surface area (Å²) in [6, 6.07) is 10.4. The fourth-order valence-electron chi connectivity index (χ4n) is 1.69. The largest absolute Gasteiger partial charge is 0.143 e. The van der Waals surface area contributed by atoms with Gasteiger partial charge in [0.05, 0.1) is 5.38 Å². The van der Waals surface area contributed by atoms with Crippen molar-refractivity contribution in [3.8, 4) is 0 Å². The summed E-state index contributed by atoms with van der Waals surface area (Å²) >= 11 is 11.7. The maximum atomic E-state index is 6.50. The highest BCUT2D eigenvalue weighted by atomic mass is 79.9. The van der Waals surface area contributed by atoms with Crippen LogP contribution < -0.4 is 0 Å². The Bertz CT molecular complexity index is 487. The maximum absolute atomic E-state index is 6.50. The molecule has 0 saturated carbocycles. The minimum Gasteiger partial charge on any atom is -0.143 e. The number of rotatable bonds is 2. The zero-order valence-corrected chi connectivity index (χ0v) is 12.3. The first kappa shape index (κ1) is 12.2. The Hall–Kier alpha value is -0.310. The highest BCUT2D eigenvalue weighted by Gasteiger charge is 2.15. The molecule has 0 aliphatic rings. The Morgan fingerprint density at radius 1 is 1.19 bits per heavy atom. The van der Waals surface area contributed by atoms with Gasteiger partial charge >= 0.3 is 0 Å². The van der Waals surface area contributed by atoms with Crippen LogP contribution >= 0.6 is 38.9 Å². The van der Waals surface area contributed by atoms with Crippen molar-refractivity contribution in [2.24, 2.45) is 0 Å². The molecule has 1 aromatic heterocycles. The van der Waals surface area contributed by atoms with Crippen molar-refractivity contribution in [2.75, 3.05) is 0 Å². The number of halogens is 2. The third kappa shape index (κ3) is 2.50. The van der Waals surface area contributed by atoms with Gasteiger partial charge in [0.1, 0.15) is 0 Å². The lowest BCUT2D eigenvalue weighted by molar-refractivity contribution is 1.16. The van der Waals surface area contributed by atoms with Gasteiger partial charge in [-0.3, -0.25) is 0 Å². The SMILES string of the molecule is Cc1cc(C)c(C(Cl)c2ccc(Br)cc2)s1. The number of alkyl halides is 1. The fourth-order valence-corrected chi connectivity index (χ4v) is 3.45. The highest BCUT2D eigenvalue weighted by Crippen LogP contribution is 2.36. The number of aryl methyl sites for hydroxylation is 2. The Morgan fingerprint density at radius 3 is 2.31 bits per heavy atom. The van der Waals surface area contributed by atoms with Crippen LogP contribution in [0.25, 0.3) is 0 Å². The molecule has 0 nitrogen and oxygen atoms in total. The monoisotopic (exact) mass is 314 g/mol. The van der Waals surface area contributed by atoms with Crippen LogP contribution in [0.15, 0.2) is 34.8 Å². The minimum absolute atomic E-state index is 0.0354. The summed E-state index contributed by atoms with van der Waals surface area (Å²) in [6.45, 7) is 4.24. The van der Waals surface area contributed by atoms with Gasteiger partial charge in [0.15, 0.2) is 0 Å². The molecule has 0 aliphatic carbocycles. The number of benzene rings is 1. The molecule has 0 spiro atoms. The van der Waals surface area contributed by atoms with E-state index in [1.165, 1.54) is 15.3 Å². The van der Waals surface area contributed by atoms with E-state index in [1.54, 1.807) is 11.3 Å². The second-order valence-electron chi connectivity index (χ2n) is 3.82. The Balaban J connectivity index is 2.35. The zero-order valence-electron chi connectivity index (χ0n) is 9.13. The molecule has 2 rings (SSSR count). The summed E-state index contributed by atoms with van der Waals surface area (Å²) < 4.78 is 1.08. The third-order valence-corrected chi connectivity index (χ3v) is 4.82. The van der Waals surface area contributed by atoms with Crippen molar-refractivity contribution in [1.29, 1.82) is 0 Å². The predicted molar refractivity (Wildman–Crippen MR) is 75.6 cm³/mol. The van der Waals surface area contributed by atoms with Gasteiger partial charge in [-0.1, -0.05) is 28.1 Å². The summed E-state index contributed by atoms with van der Waals surface area (Å²) in [4.78, 5) is 2.57. The molecular weight excluding hydrogens is 304 g/mol. The van der Waals surface area contributed by atoms with Gasteiger partial charge in [0, 0.05) is 14.2 Å². The van der Waals surface area contributed by atoms with Crippen LogP contribution in [-0.4, -0.2) is 0 Å². The Labute approximate surface area is 113 Å². The molecule has 1 aromatic carbocycles. The lowest BCUT2D eigenvalue weighted by atomic mass is 10.1. The second kappa shape index (κ2) is 4.91. The van der Waals surface area contributed by atoms with E-state index in [9.17, 15) is 0 Å². The van der Waals surface area contributed by atoms with Gasteiger partial charge in [-0.2, -0.15) is 0 Å². The molecule has 84 valence electrons. The standard InChI is InChI=1S/C13H12BrClS/c1-8-7-9(2)16-13(8)12(15)10-3-5-11(14)6-4-10/h3-7,12H,1-2H3. The molecule has 2 aromatic rings. The van der Waals surface area contributed by atoms with E-state index in [4.69, 9.17) is 11.6 Å². The molecule has 0 fully saturated rings. The number of hydrogen-bond acceptors (Lipinski definition) is 1. The lowest BCUT2D eigenvalue weighted by Gasteiger charge is -2.09. The van der Waals surface area contributed by atoms with Crippen LogP contribution in [0.2, 0.25) is 0 Å². The normalized spacial score (nSPS) is 12.8. The molecule has 3 heteroatoms. The molecule has 0 aliphatic heterocycles. The van der Waals surface area contributed by atoms with E-state index in [0.29, 0.717) is 0 Å². The van der Waals surface area contributed by atoms with Crippen LogP contribution in [0.5, 0.6) is 0 Å². The zero-order chi connectivity index (χ0) is 11.7. The molecule has 1 atom stereocenters. The summed E-state index contributed by atoms with van der Waals surface area (Å²) in [5, 5.41) is -0.0354. The summed E-state index contributed by atoms with van der Waals surface area (Å²) in [5.74, 6) is 0. The van der Waals surface area contributed by atoms with E-state index < -0.39 is 0 Å². The number of thiophene rings is 1. The predicted octanol–water partition coefficient (Wildman–Crippen LogP) is 5.46. The Kier molecular flexibility index (Phi) is 3.73. The van der Waals surface area contributed by atoms with E-state index in [2.05, 4.69) is 48.0 Å². The lowest BCUT2D eigenvalue weighted by Crippen LogP contribution is -1.91. The van der Waals surface area contributed by atoms with E-state index in [0.717, 1.165) is 10.0 Å². The first-order valence-electron chi connectivity index (χ1n) is 5.04. The Morgan fingerprint density at radius 2 is 1.81 bits per heavy atom. The van der Waals surface area contributed by atoms with Crippen molar-refractivity contribution < 1.29 is 0 Å². The minimum atomic E-state index is -0.0354. The summed E-state index contributed by atoms with van der Waals surface area (Å²) in [6.07, 6.45) is 0. The first-order chi connectivity index (χ1) is 7.58. The average molecular weight is 316 g/mol. The number of hydrogen-bond donors (Lipinski definition) is 0. The first-order valence-corrected chi connectivity index (χ1v) is 7.09. The third-order valence-electron chi connectivity index (χ3n) is 2.47. The van der Waals surface area contributed by atoms with Gasteiger partial charge in [-0.15, -0.1) is 22.9 Å². The van der Waals surface area contributed by atoms with E-state index in [1.807, 2.05) is 12.1 Å². The molecule has 0 bridgehead atoms. The van der Waals surface area contributed by atoms with Gasteiger partial charge < -0.3 is 0 Å². The molecule has 0 N–H and O–H groups in total. The van der Waals surface area contributed by atoms with Crippen molar-refractivity contribution in [3.63, 3.8) is 0 Å². The van der Waals surface area contributed by atoms with Crippen LogP contribution in [-0.2, 0) is 0 Å². The van der Waals surface area contributed by atoms with Crippen molar-refractivity contribution >= 4 is 38.9 Å². The average Bonchev–Trinajstić information content (AvgIpc) is 2.58. The molecule has 0 amide bonds. The molecule has 1 unspecified atom stereocenters. The van der Waals surface area contributed by atoms with Crippen molar-refractivity contribution in [3.05, 3.63) is 55.7 Å². The van der Waals surface area contributed by atoms with Crippen LogP contribution in [0.4, 0.5) is 0 Å². The van der Waals surface area contributed by atoms with Gasteiger partial charge in [-0.05, 0) is 43.2 Å². The van der Waals surface area contributed by atoms with Crippen LogP contribution in [0.3, 0.4) is 0 Å². The fraction of sp³-hybridized carbons (Fsp3) is 0.231. The van der Waals surface area contributed by atoms with Crippen molar-refractivity contribution in [2.45, 2.75) is 19.2 Å². The van der Waals surface area contributed by atoms with Gasteiger partial charge in [-0.25, -0.2) is 0 Å². The second-order valence-corrected chi connectivity index (χ2v) is 6.46. The van der Waals surface area contributed by atoms with Crippen LogP contribution in [0.1, 0.15) is 26.3 Å². The maximum Gasteiger partial charge on any atom is 0.0930 e. The van der Waals surface area contributed by atoms with E-state index in [-0.39, 0.29) is 5.38 Å². The van der Waals surface area contributed by atoms with Crippen LogP contribution in [0, 0.1) is 13.8 Å². The highest BCUT2D eigenvalue weighted by molar-refractivity contribution is 9.10. The molecule has 0 radical (unpaired) electrons. The molecule has 0 saturated heterocycles. The van der Waals surface area contributed by atoms with E-state index >= 15 is 0 Å². The topological polar surface area (TPSA) is 0 Å². The van der Waals surface area contributed by atoms with Gasteiger partial charge in [0.2, 0.25) is 0 Å². The molecule has 1 heterocycles. The van der Waals surface area contributed by atoms with Crippen molar-refractivity contribution in [1.82, 2.24) is 0 Å². The summed E-state index contributed by atoms with van der Waals surface area (Å²) in [7, 11) is 0. The van der Waals surface area contributed by atoms with Gasteiger partial charge in [0.25, 0.3) is 0 Å².